The van der Waals surface area contributed by atoms with Crippen LogP contribution in [0.1, 0.15) is 38.3 Å². The Kier molecular flexibility index (Phi) is 5.35. The van der Waals surface area contributed by atoms with E-state index in [-0.39, 0.29) is 12.2 Å². The van der Waals surface area contributed by atoms with Gasteiger partial charge in [-0.1, -0.05) is 31.2 Å². The van der Waals surface area contributed by atoms with Crippen LogP contribution < -0.4 is 0 Å². The van der Waals surface area contributed by atoms with Gasteiger partial charge in [0, 0.05) is 48.8 Å². The number of nitrogens with zero attached hydrogens (tertiary/aromatic N) is 2. The standard InChI is InChI=1S/C21H29N3O3S/c1-4-17-6-5-7-19-20(12-22-21(17)19)18-8-10-23(11-9-18)28(25,26)24-13-15(2)27-16(3)14-24/h5-8,12,15-16,22H,4,9-11,13-14H2,1-3H3. The number of hydrogen-bond donors (Lipinski definition) is 1. The summed E-state index contributed by atoms with van der Waals surface area (Å²) in [5.41, 5.74) is 4.90. The minimum Gasteiger partial charge on any atom is -0.373 e. The van der Waals surface area contributed by atoms with Crippen LogP contribution in [0.15, 0.2) is 30.5 Å². The van der Waals surface area contributed by atoms with Gasteiger partial charge in [0.2, 0.25) is 0 Å². The monoisotopic (exact) mass is 403 g/mol. The number of benzene rings is 1. The summed E-state index contributed by atoms with van der Waals surface area (Å²) >= 11 is 0. The SMILES string of the molecule is CCc1cccc2c(C3=CCN(S(=O)(=O)N4CC(C)OC(C)C4)CC3)c[nH]c12. The first-order valence-electron chi connectivity index (χ1n) is 10.1. The number of nitrogens with one attached hydrogen (secondary N) is 1. The van der Waals surface area contributed by atoms with Crippen molar-refractivity contribution in [2.24, 2.45) is 0 Å². The van der Waals surface area contributed by atoms with Crippen molar-refractivity contribution in [3.63, 3.8) is 0 Å². The Balaban J connectivity index is 1.55. The third-order valence-electron chi connectivity index (χ3n) is 5.74. The highest BCUT2D eigenvalue weighted by atomic mass is 32.2. The Bertz CT molecular complexity index is 985. The quantitative estimate of drug-likeness (QED) is 0.853. The van der Waals surface area contributed by atoms with Gasteiger partial charge in [-0.05, 0) is 37.8 Å². The number of fused-ring (bicyclic) bond motifs is 1. The molecule has 1 saturated heterocycles. The minimum atomic E-state index is -3.46. The number of rotatable bonds is 4. The topological polar surface area (TPSA) is 65.6 Å². The Morgan fingerprint density at radius 3 is 2.57 bits per heavy atom. The van der Waals surface area contributed by atoms with Crippen molar-refractivity contribution in [1.82, 2.24) is 13.6 Å². The molecule has 152 valence electrons. The van der Waals surface area contributed by atoms with Gasteiger partial charge in [-0.15, -0.1) is 0 Å². The summed E-state index contributed by atoms with van der Waals surface area (Å²) in [7, 11) is -3.46. The second-order valence-electron chi connectivity index (χ2n) is 7.82. The first kappa shape index (κ1) is 19.6. The van der Waals surface area contributed by atoms with Gasteiger partial charge in [-0.25, -0.2) is 0 Å². The van der Waals surface area contributed by atoms with Gasteiger partial charge in [0.1, 0.15) is 0 Å². The number of morpholine rings is 1. The summed E-state index contributed by atoms with van der Waals surface area (Å²) in [4.78, 5) is 3.41. The number of hydrogen-bond acceptors (Lipinski definition) is 3. The smallest absolute Gasteiger partial charge is 0.282 e. The van der Waals surface area contributed by atoms with Crippen molar-refractivity contribution in [1.29, 1.82) is 0 Å². The highest BCUT2D eigenvalue weighted by Crippen LogP contribution is 2.32. The molecule has 0 radical (unpaired) electrons. The number of para-hydroxylation sites is 1. The fourth-order valence-electron chi connectivity index (χ4n) is 4.36. The molecule has 1 fully saturated rings. The normalized spacial score (nSPS) is 25.2. The van der Waals surface area contributed by atoms with Crippen LogP contribution in [-0.4, -0.2) is 60.4 Å². The zero-order chi connectivity index (χ0) is 19.9. The van der Waals surface area contributed by atoms with E-state index in [1.54, 1.807) is 8.61 Å². The van der Waals surface area contributed by atoms with E-state index >= 15 is 0 Å². The Hall–Kier alpha value is -1.67. The molecule has 1 aromatic carbocycles. The van der Waals surface area contributed by atoms with Crippen LogP contribution in [0, 0.1) is 0 Å². The number of aromatic amines is 1. The minimum absolute atomic E-state index is 0.0756. The molecule has 3 heterocycles. The Morgan fingerprint density at radius 2 is 1.93 bits per heavy atom. The van der Waals surface area contributed by atoms with E-state index in [9.17, 15) is 8.42 Å². The van der Waals surface area contributed by atoms with Crippen LogP contribution in [0.5, 0.6) is 0 Å². The molecular formula is C21H29N3O3S. The van der Waals surface area contributed by atoms with Gasteiger partial charge in [0.15, 0.2) is 0 Å². The van der Waals surface area contributed by atoms with Crippen LogP contribution in [0.2, 0.25) is 0 Å². The highest BCUT2D eigenvalue weighted by molar-refractivity contribution is 7.86. The van der Waals surface area contributed by atoms with E-state index in [1.165, 1.54) is 27.6 Å². The lowest BCUT2D eigenvalue weighted by molar-refractivity contribution is -0.0454. The molecule has 4 rings (SSSR count). The molecule has 0 spiro atoms. The molecule has 2 atom stereocenters. The summed E-state index contributed by atoms with van der Waals surface area (Å²) < 4.78 is 35.0. The lowest BCUT2D eigenvalue weighted by Crippen LogP contribution is -2.53. The molecule has 0 aliphatic carbocycles. The molecule has 7 heteroatoms. The van der Waals surface area contributed by atoms with Gasteiger partial charge in [0.25, 0.3) is 10.2 Å². The molecule has 1 aromatic heterocycles. The van der Waals surface area contributed by atoms with Crippen LogP contribution in [0.3, 0.4) is 0 Å². The summed E-state index contributed by atoms with van der Waals surface area (Å²) in [6.45, 7) is 7.77. The predicted molar refractivity (Wildman–Crippen MR) is 112 cm³/mol. The summed E-state index contributed by atoms with van der Waals surface area (Å²) in [5.74, 6) is 0. The number of ether oxygens (including phenoxy) is 1. The van der Waals surface area contributed by atoms with Crippen LogP contribution >= 0.6 is 0 Å². The van der Waals surface area contributed by atoms with E-state index in [1.807, 2.05) is 13.8 Å². The third-order valence-corrected chi connectivity index (χ3v) is 7.67. The molecule has 28 heavy (non-hydrogen) atoms. The molecule has 2 aliphatic heterocycles. The maximum atomic E-state index is 13.1. The maximum absolute atomic E-state index is 13.1. The van der Waals surface area contributed by atoms with E-state index in [0.717, 1.165) is 12.8 Å². The zero-order valence-corrected chi connectivity index (χ0v) is 17.6. The lowest BCUT2D eigenvalue weighted by Gasteiger charge is -2.38. The van der Waals surface area contributed by atoms with Crippen molar-refractivity contribution in [3.8, 4) is 0 Å². The van der Waals surface area contributed by atoms with Gasteiger partial charge < -0.3 is 9.72 Å². The van der Waals surface area contributed by atoms with Crippen molar-refractivity contribution in [3.05, 3.63) is 41.6 Å². The van der Waals surface area contributed by atoms with Crippen molar-refractivity contribution < 1.29 is 13.2 Å². The Morgan fingerprint density at radius 1 is 1.18 bits per heavy atom. The predicted octanol–water partition coefficient (Wildman–Crippen LogP) is 3.17. The second-order valence-corrected chi connectivity index (χ2v) is 9.74. The molecule has 0 bridgehead atoms. The second kappa shape index (κ2) is 7.63. The third kappa shape index (κ3) is 3.52. The highest BCUT2D eigenvalue weighted by Gasteiger charge is 2.35. The number of H-pyrrole nitrogens is 1. The van der Waals surface area contributed by atoms with E-state index in [2.05, 4.69) is 42.4 Å². The zero-order valence-electron chi connectivity index (χ0n) is 16.8. The average molecular weight is 404 g/mol. The van der Waals surface area contributed by atoms with Gasteiger partial charge in [0.05, 0.1) is 12.2 Å². The van der Waals surface area contributed by atoms with E-state index < -0.39 is 10.2 Å². The number of aryl methyl sites for hydroxylation is 1. The summed E-state index contributed by atoms with van der Waals surface area (Å²) in [6, 6.07) is 6.39. The maximum Gasteiger partial charge on any atom is 0.282 e. The summed E-state index contributed by atoms with van der Waals surface area (Å²) in [6.07, 6.45) is 5.68. The molecule has 1 N–H and O–H groups in total. The van der Waals surface area contributed by atoms with Crippen LogP contribution in [0.4, 0.5) is 0 Å². The Labute approximate surface area is 167 Å². The van der Waals surface area contributed by atoms with Gasteiger partial charge in [-0.2, -0.15) is 17.0 Å². The van der Waals surface area contributed by atoms with Crippen molar-refractivity contribution >= 4 is 26.7 Å². The van der Waals surface area contributed by atoms with Crippen molar-refractivity contribution in [2.75, 3.05) is 26.2 Å². The van der Waals surface area contributed by atoms with Gasteiger partial charge >= 0.3 is 0 Å². The molecule has 0 amide bonds. The molecule has 2 unspecified atom stereocenters. The lowest BCUT2D eigenvalue weighted by atomic mass is 9.98. The van der Waals surface area contributed by atoms with Crippen molar-refractivity contribution in [2.45, 2.75) is 45.8 Å². The fourth-order valence-corrected chi connectivity index (χ4v) is 6.07. The molecule has 2 aromatic rings. The van der Waals surface area contributed by atoms with Crippen LogP contribution in [0.25, 0.3) is 16.5 Å². The van der Waals surface area contributed by atoms with Gasteiger partial charge in [-0.3, -0.25) is 0 Å². The molecular weight excluding hydrogens is 374 g/mol. The fraction of sp³-hybridized carbons (Fsp3) is 0.524. The molecule has 2 aliphatic rings. The molecule has 0 saturated carbocycles. The largest absolute Gasteiger partial charge is 0.373 e. The van der Waals surface area contributed by atoms with E-state index in [4.69, 9.17) is 4.74 Å². The van der Waals surface area contributed by atoms with Crippen LogP contribution in [-0.2, 0) is 21.4 Å². The molecule has 6 nitrogen and oxygen atoms in total. The van der Waals surface area contributed by atoms with E-state index in [0.29, 0.717) is 26.2 Å². The first-order chi connectivity index (χ1) is 13.4. The first-order valence-corrected chi connectivity index (χ1v) is 11.5. The summed E-state index contributed by atoms with van der Waals surface area (Å²) in [5, 5.41) is 1.22. The average Bonchev–Trinajstić information content (AvgIpc) is 3.11. The number of aromatic nitrogens is 1.